The maximum atomic E-state index is 12.8. The molecule has 2 fully saturated rings. The van der Waals surface area contributed by atoms with Crippen LogP contribution >= 0.6 is 0 Å². The molecular formula is C20H24N4O5. The van der Waals surface area contributed by atoms with Crippen molar-refractivity contribution in [3.05, 3.63) is 29.3 Å². The third-order valence-electron chi connectivity index (χ3n) is 5.60. The summed E-state index contributed by atoms with van der Waals surface area (Å²) < 4.78 is 5.72. The van der Waals surface area contributed by atoms with Crippen molar-refractivity contribution in [2.24, 2.45) is 0 Å². The Kier molecular flexibility index (Phi) is 5.48. The second-order valence-corrected chi connectivity index (χ2v) is 7.56. The summed E-state index contributed by atoms with van der Waals surface area (Å²) in [6.45, 7) is 1.85. The van der Waals surface area contributed by atoms with Gasteiger partial charge in [-0.3, -0.25) is 24.5 Å². The number of nitrogens with zero attached hydrogens (tertiary/aromatic N) is 1. The summed E-state index contributed by atoms with van der Waals surface area (Å²) in [6, 6.07) is 4.58. The number of ether oxygens (including phenoxy) is 1. The van der Waals surface area contributed by atoms with Gasteiger partial charge in [-0.15, -0.1) is 0 Å². The second-order valence-electron chi connectivity index (χ2n) is 7.56. The van der Waals surface area contributed by atoms with Crippen molar-refractivity contribution >= 4 is 23.6 Å². The zero-order valence-corrected chi connectivity index (χ0v) is 16.0. The van der Waals surface area contributed by atoms with E-state index in [-0.39, 0.29) is 43.3 Å². The van der Waals surface area contributed by atoms with E-state index >= 15 is 0 Å². The van der Waals surface area contributed by atoms with Crippen molar-refractivity contribution in [2.75, 3.05) is 19.7 Å². The van der Waals surface area contributed by atoms with Crippen LogP contribution in [-0.2, 0) is 20.9 Å². The molecule has 4 amide bonds. The van der Waals surface area contributed by atoms with Crippen LogP contribution in [0, 0.1) is 0 Å². The number of fused-ring (bicyclic) bond motifs is 1. The lowest BCUT2D eigenvalue weighted by Crippen LogP contribution is -2.52. The largest absolute Gasteiger partial charge is 0.483 e. The first-order valence-electron chi connectivity index (χ1n) is 9.92. The maximum Gasteiger partial charge on any atom is 0.258 e. The first-order valence-corrected chi connectivity index (χ1v) is 9.92. The monoisotopic (exact) mass is 400 g/mol. The Labute approximate surface area is 168 Å². The van der Waals surface area contributed by atoms with Gasteiger partial charge in [-0.05, 0) is 44.5 Å². The van der Waals surface area contributed by atoms with E-state index in [1.54, 1.807) is 18.2 Å². The standard InChI is InChI=1S/C20H24N4O5/c25-17-5-4-15(19(27)23-17)24-10-14-13(20(24)28)2-1-3-16(14)29-11-18(26)22-12-6-8-21-9-7-12/h1-3,12,15,21H,4-11H2,(H,22,26)(H,23,25,27). The zero-order valence-electron chi connectivity index (χ0n) is 16.0. The molecule has 1 atom stereocenters. The molecule has 9 heteroatoms. The molecule has 0 aliphatic carbocycles. The maximum absolute atomic E-state index is 12.8. The highest BCUT2D eigenvalue weighted by molar-refractivity contribution is 6.05. The highest BCUT2D eigenvalue weighted by Gasteiger charge is 2.40. The van der Waals surface area contributed by atoms with Crippen LogP contribution < -0.4 is 20.7 Å². The van der Waals surface area contributed by atoms with Crippen molar-refractivity contribution < 1.29 is 23.9 Å². The summed E-state index contributed by atoms with van der Waals surface area (Å²) in [5.74, 6) is -0.767. The van der Waals surface area contributed by atoms with Gasteiger partial charge in [0, 0.05) is 23.6 Å². The summed E-state index contributed by atoms with van der Waals surface area (Å²) in [6.07, 6.45) is 2.29. The number of benzene rings is 1. The average molecular weight is 400 g/mol. The third-order valence-corrected chi connectivity index (χ3v) is 5.60. The Hall–Kier alpha value is -2.94. The van der Waals surface area contributed by atoms with Gasteiger partial charge in [-0.1, -0.05) is 6.07 Å². The van der Waals surface area contributed by atoms with Gasteiger partial charge in [0.15, 0.2) is 6.61 Å². The van der Waals surface area contributed by atoms with E-state index in [0.29, 0.717) is 23.3 Å². The highest BCUT2D eigenvalue weighted by Crippen LogP contribution is 2.33. The van der Waals surface area contributed by atoms with E-state index in [4.69, 9.17) is 4.74 Å². The van der Waals surface area contributed by atoms with Crippen molar-refractivity contribution in [3.8, 4) is 5.75 Å². The van der Waals surface area contributed by atoms with E-state index in [9.17, 15) is 19.2 Å². The number of hydrogen-bond acceptors (Lipinski definition) is 6. The van der Waals surface area contributed by atoms with E-state index in [1.165, 1.54) is 4.90 Å². The lowest BCUT2D eigenvalue weighted by atomic mass is 10.0. The molecular weight excluding hydrogens is 376 g/mol. The number of piperidine rings is 2. The summed E-state index contributed by atoms with van der Waals surface area (Å²) in [7, 11) is 0. The molecule has 4 rings (SSSR count). The third kappa shape index (κ3) is 4.09. The van der Waals surface area contributed by atoms with Crippen LogP contribution in [0.3, 0.4) is 0 Å². The van der Waals surface area contributed by atoms with Crippen molar-refractivity contribution in [2.45, 2.75) is 44.3 Å². The summed E-state index contributed by atoms with van der Waals surface area (Å²) in [5, 5.41) is 8.51. The van der Waals surface area contributed by atoms with Gasteiger partial charge in [-0.2, -0.15) is 0 Å². The summed E-state index contributed by atoms with van der Waals surface area (Å²) in [5.41, 5.74) is 1.13. The molecule has 0 bridgehead atoms. The Morgan fingerprint density at radius 1 is 1.17 bits per heavy atom. The fourth-order valence-electron chi connectivity index (χ4n) is 4.07. The number of nitrogens with one attached hydrogen (secondary N) is 3. The van der Waals surface area contributed by atoms with E-state index in [0.717, 1.165) is 25.9 Å². The fourth-order valence-corrected chi connectivity index (χ4v) is 4.07. The Bertz CT molecular complexity index is 849. The van der Waals surface area contributed by atoms with Crippen LogP contribution in [0.15, 0.2) is 18.2 Å². The van der Waals surface area contributed by atoms with Crippen LogP contribution in [0.25, 0.3) is 0 Å². The van der Waals surface area contributed by atoms with Gasteiger partial charge in [0.25, 0.3) is 11.8 Å². The van der Waals surface area contributed by atoms with Crippen LogP contribution in [0.1, 0.15) is 41.6 Å². The van der Waals surface area contributed by atoms with Crippen LogP contribution in [0.4, 0.5) is 0 Å². The lowest BCUT2D eigenvalue weighted by Gasteiger charge is -2.29. The molecule has 0 radical (unpaired) electrons. The van der Waals surface area contributed by atoms with Gasteiger partial charge in [0.1, 0.15) is 11.8 Å². The van der Waals surface area contributed by atoms with E-state index in [1.807, 2.05) is 0 Å². The van der Waals surface area contributed by atoms with Crippen molar-refractivity contribution in [1.82, 2.24) is 20.9 Å². The van der Waals surface area contributed by atoms with E-state index < -0.39 is 11.9 Å². The van der Waals surface area contributed by atoms with Gasteiger partial charge in [-0.25, -0.2) is 0 Å². The molecule has 154 valence electrons. The van der Waals surface area contributed by atoms with Gasteiger partial charge in [0.2, 0.25) is 11.8 Å². The minimum Gasteiger partial charge on any atom is -0.483 e. The molecule has 9 nitrogen and oxygen atoms in total. The predicted octanol–water partition coefficient (Wildman–Crippen LogP) is -0.305. The predicted molar refractivity (Wildman–Crippen MR) is 102 cm³/mol. The van der Waals surface area contributed by atoms with Gasteiger partial charge in [0.05, 0.1) is 6.54 Å². The molecule has 3 aliphatic rings. The smallest absolute Gasteiger partial charge is 0.258 e. The molecule has 3 heterocycles. The molecule has 1 unspecified atom stereocenters. The minimum atomic E-state index is -0.677. The average Bonchev–Trinajstić information content (AvgIpc) is 3.04. The molecule has 0 spiro atoms. The molecule has 0 saturated carbocycles. The number of imide groups is 1. The Morgan fingerprint density at radius 2 is 1.97 bits per heavy atom. The fraction of sp³-hybridized carbons (Fsp3) is 0.500. The highest BCUT2D eigenvalue weighted by atomic mass is 16.5. The number of amides is 4. The molecule has 3 aliphatic heterocycles. The van der Waals surface area contributed by atoms with Gasteiger partial charge >= 0.3 is 0 Å². The van der Waals surface area contributed by atoms with Crippen LogP contribution in [0.2, 0.25) is 0 Å². The lowest BCUT2D eigenvalue weighted by molar-refractivity contribution is -0.137. The molecule has 0 aromatic heterocycles. The minimum absolute atomic E-state index is 0.132. The number of rotatable bonds is 5. The summed E-state index contributed by atoms with van der Waals surface area (Å²) >= 11 is 0. The molecule has 1 aromatic rings. The Balaban J connectivity index is 1.41. The van der Waals surface area contributed by atoms with Crippen molar-refractivity contribution in [1.29, 1.82) is 0 Å². The number of carbonyl (C=O) groups excluding carboxylic acids is 4. The second kappa shape index (κ2) is 8.20. The number of carbonyl (C=O) groups is 4. The first kappa shape index (κ1) is 19.4. The van der Waals surface area contributed by atoms with Crippen LogP contribution in [0.5, 0.6) is 5.75 Å². The topological polar surface area (TPSA) is 117 Å². The first-order chi connectivity index (χ1) is 14.0. The molecule has 2 saturated heterocycles. The number of hydrogen-bond donors (Lipinski definition) is 3. The molecule has 29 heavy (non-hydrogen) atoms. The molecule has 1 aromatic carbocycles. The van der Waals surface area contributed by atoms with Crippen molar-refractivity contribution in [3.63, 3.8) is 0 Å². The normalized spacial score (nSPS) is 22.3. The Morgan fingerprint density at radius 3 is 2.72 bits per heavy atom. The summed E-state index contributed by atoms with van der Waals surface area (Å²) in [4.78, 5) is 50.0. The van der Waals surface area contributed by atoms with Gasteiger partial charge < -0.3 is 20.3 Å². The van der Waals surface area contributed by atoms with Crippen LogP contribution in [-0.4, -0.2) is 60.3 Å². The van der Waals surface area contributed by atoms with E-state index in [2.05, 4.69) is 16.0 Å². The molecule has 3 N–H and O–H groups in total. The zero-order chi connectivity index (χ0) is 20.4. The quantitative estimate of drug-likeness (QED) is 0.584. The SMILES string of the molecule is O=C1CCC(N2Cc3c(OCC(=O)NC4CCNCC4)cccc3C2=O)C(=O)N1.